The number of nitrogens with two attached hydrogens (primary N) is 1. The van der Waals surface area contributed by atoms with Crippen molar-refractivity contribution in [1.29, 1.82) is 0 Å². The summed E-state index contributed by atoms with van der Waals surface area (Å²) in [6.07, 6.45) is -1.27. The Balaban J connectivity index is 1.61. The Bertz CT molecular complexity index is 756. The summed E-state index contributed by atoms with van der Waals surface area (Å²) in [4.78, 5) is 13.8. The van der Waals surface area contributed by atoms with Gasteiger partial charge >= 0.3 is 6.09 Å². The van der Waals surface area contributed by atoms with Gasteiger partial charge in [-0.15, -0.1) is 0 Å². The van der Waals surface area contributed by atoms with Crippen LogP contribution in [0.15, 0.2) is 48.5 Å². The molecule has 0 bridgehead atoms. The molecule has 1 aliphatic heterocycles. The molecule has 0 radical (unpaired) electrons. The van der Waals surface area contributed by atoms with Crippen LogP contribution in [0.1, 0.15) is 5.56 Å². The van der Waals surface area contributed by atoms with E-state index < -0.39 is 18.0 Å². The van der Waals surface area contributed by atoms with Crippen molar-refractivity contribution >= 4 is 11.8 Å². The predicted molar refractivity (Wildman–Crippen MR) is 94.2 cm³/mol. The second-order valence-corrected chi connectivity index (χ2v) is 6.06. The van der Waals surface area contributed by atoms with Crippen LogP contribution < -0.4 is 10.5 Å². The topological polar surface area (TPSA) is 74.0 Å². The molecule has 0 spiro atoms. The van der Waals surface area contributed by atoms with Gasteiger partial charge in [-0.1, -0.05) is 30.3 Å². The van der Waals surface area contributed by atoms with Crippen molar-refractivity contribution in [2.24, 2.45) is 0 Å². The van der Waals surface area contributed by atoms with Gasteiger partial charge in [0, 0.05) is 13.2 Å². The predicted octanol–water partition coefficient (Wildman–Crippen LogP) is 2.82. The van der Waals surface area contributed by atoms with E-state index in [4.69, 9.17) is 19.9 Å². The van der Waals surface area contributed by atoms with Crippen molar-refractivity contribution in [3.63, 3.8) is 0 Å². The molecule has 2 atom stereocenters. The zero-order valence-corrected chi connectivity index (χ0v) is 14.4. The fraction of sp³-hybridized carbons (Fsp3) is 0.316. The Morgan fingerprint density at radius 3 is 2.65 bits per heavy atom. The van der Waals surface area contributed by atoms with Gasteiger partial charge in [-0.2, -0.15) is 0 Å². The number of methoxy groups -OCH3 is 1. The van der Waals surface area contributed by atoms with Crippen molar-refractivity contribution in [2.45, 2.75) is 18.8 Å². The highest BCUT2D eigenvalue weighted by atomic mass is 19.1. The van der Waals surface area contributed by atoms with Gasteiger partial charge in [0.25, 0.3) is 0 Å². The molecule has 0 saturated carbocycles. The molecule has 3 rings (SSSR count). The van der Waals surface area contributed by atoms with Crippen LogP contribution in [0.25, 0.3) is 0 Å². The van der Waals surface area contributed by atoms with Crippen LogP contribution in [0.2, 0.25) is 0 Å². The fourth-order valence-corrected chi connectivity index (χ4v) is 2.82. The number of carbonyl (C=O) groups excluding carboxylic acids is 1. The van der Waals surface area contributed by atoms with E-state index >= 15 is 0 Å². The molecular weight excluding hydrogens is 339 g/mol. The number of ether oxygens (including phenoxy) is 3. The summed E-state index contributed by atoms with van der Waals surface area (Å²) < 4.78 is 29.9. The third-order valence-corrected chi connectivity index (χ3v) is 4.24. The van der Waals surface area contributed by atoms with Crippen LogP contribution in [0.3, 0.4) is 0 Å². The zero-order chi connectivity index (χ0) is 18.5. The molecule has 2 N–H and O–H groups in total. The Labute approximate surface area is 151 Å². The summed E-state index contributed by atoms with van der Waals surface area (Å²) in [6, 6.07) is 13.3. The number of likely N-dealkylation sites (tertiary alicyclic amines) is 1. The minimum Gasteiger partial charge on any atom is -0.484 e. The SMILES string of the molecule is CO[C@@H]1CN(C(=O)OCc2ccccc2)C[C@H]1Oc1cc(F)ccc1N. The van der Waals surface area contributed by atoms with Gasteiger partial charge in [0.2, 0.25) is 0 Å². The van der Waals surface area contributed by atoms with E-state index in [1.54, 1.807) is 0 Å². The summed E-state index contributed by atoms with van der Waals surface area (Å²) in [5, 5.41) is 0. The minimum absolute atomic E-state index is 0.191. The lowest BCUT2D eigenvalue weighted by molar-refractivity contribution is 0.0341. The summed E-state index contributed by atoms with van der Waals surface area (Å²) in [6.45, 7) is 0.780. The molecule has 26 heavy (non-hydrogen) atoms. The highest BCUT2D eigenvalue weighted by Crippen LogP contribution is 2.27. The maximum Gasteiger partial charge on any atom is 0.410 e. The van der Waals surface area contributed by atoms with Crippen LogP contribution in [0.4, 0.5) is 14.9 Å². The number of nitrogen functional groups attached to an aromatic ring is 1. The van der Waals surface area contributed by atoms with E-state index in [1.165, 1.54) is 30.2 Å². The number of benzene rings is 2. The maximum absolute atomic E-state index is 13.4. The summed E-state index contributed by atoms with van der Waals surface area (Å²) in [7, 11) is 1.54. The summed E-state index contributed by atoms with van der Waals surface area (Å²) in [5.41, 5.74) is 7.05. The van der Waals surface area contributed by atoms with E-state index in [9.17, 15) is 9.18 Å². The van der Waals surface area contributed by atoms with Crippen molar-refractivity contribution in [3.05, 3.63) is 59.9 Å². The molecule has 1 amide bonds. The molecule has 0 aromatic heterocycles. The van der Waals surface area contributed by atoms with Gasteiger partial charge in [-0.25, -0.2) is 9.18 Å². The van der Waals surface area contributed by atoms with Crippen molar-refractivity contribution in [1.82, 2.24) is 4.90 Å². The second kappa shape index (κ2) is 8.05. The van der Waals surface area contributed by atoms with E-state index in [0.29, 0.717) is 12.2 Å². The van der Waals surface area contributed by atoms with E-state index in [-0.39, 0.29) is 25.0 Å². The number of amides is 1. The van der Waals surface area contributed by atoms with E-state index in [0.717, 1.165) is 5.56 Å². The number of hydrogen-bond donors (Lipinski definition) is 1. The van der Waals surface area contributed by atoms with Crippen LogP contribution >= 0.6 is 0 Å². The Kier molecular flexibility index (Phi) is 5.58. The molecule has 1 heterocycles. The van der Waals surface area contributed by atoms with Gasteiger partial charge in [-0.3, -0.25) is 0 Å². The first kappa shape index (κ1) is 18.0. The number of halogens is 1. The molecule has 1 aliphatic rings. The normalized spacial score (nSPS) is 19.4. The molecule has 2 aromatic carbocycles. The largest absolute Gasteiger partial charge is 0.484 e. The van der Waals surface area contributed by atoms with Gasteiger partial charge < -0.3 is 24.8 Å². The van der Waals surface area contributed by atoms with Gasteiger partial charge in [0.15, 0.2) is 0 Å². The van der Waals surface area contributed by atoms with Crippen molar-refractivity contribution < 1.29 is 23.4 Å². The van der Waals surface area contributed by atoms with Gasteiger partial charge in [-0.05, 0) is 17.7 Å². The third-order valence-electron chi connectivity index (χ3n) is 4.24. The number of nitrogens with zero attached hydrogens (tertiary/aromatic N) is 1. The van der Waals surface area contributed by atoms with Crippen LogP contribution in [-0.2, 0) is 16.1 Å². The third kappa shape index (κ3) is 4.23. The lowest BCUT2D eigenvalue weighted by Crippen LogP contribution is -2.32. The van der Waals surface area contributed by atoms with Gasteiger partial charge in [0.05, 0.1) is 18.8 Å². The molecule has 0 aliphatic carbocycles. The molecular formula is C19H21FN2O4. The molecule has 1 fully saturated rings. The van der Waals surface area contributed by atoms with Crippen LogP contribution in [0, 0.1) is 5.82 Å². The molecule has 138 valence electrons. The number of anilines is 1. The fourth-order valence-electron chi connectivity index (χ4n) is 2.82. The van der Waals surface area contributed by atoms with Crippen molar-refractivity contribution in [2.75, 3.05) is 25.9 Å². The monoisotopic (exact) mass is 360 g/mol. The summed E-state index contributed by atoms with van der Waals surface area (Å²) in [5.74, 6) is -0.211. The number of rotatable bonds is 5. The first-order valence-electron chi connectivity index (χ1n) is 8.27. The highest BCUT2D eigenvalue weighted by molar-refractivity contribution is 5.68. The molecule has 2 aromatic rings. The molecule has 1 saturated heterocycles. The minimum atomic E-state index is -0.464. The lowest BCUT2D eigenvalue weighted by Gasteiger charge is -2.19. The molecule has 7 heteroatoms. The summed E-state index contributed by atoms with van der Waals surface area (Å²) >= 11 is 0. The number of carbonyl (C=O) groups is 1. The smallest absolute Gasteiger partial charge is 0.410 e. The Morgan fingerprint density at radius 1 is 1.19 bits per heavy atom. The van der Waals surface area contributed by atoms with E-state index in [1.807, 2.05) is 30.3 Å². The molecule has 0 unspecified atom stereocenters. The second-order valence-electron chi connectivity index (χ2n) is 6.06. The zero-order valence-electron chi connectivity index (χ0n) is 14.4. The van der Waals surface area contributed by atoms with Crippen LogP contribution in [-0.4, -0.2) is 43.4 Å². The van der Waals surface area contributed by atoms with Crippen LogP contribution in [0.5, 0.6) is 5.75 Å². The Morgan fingerprint density at radius 2 is 1.92 bits per heavy atom. The quantitative estimate of drug-likeness (QED) is 0.830. The first-order chi connectivity index (χ1) is 12.6. The molecule has 6 nitrogen and oxygen atoms in total. The average molecular weight is 360 g/mol. The number of hydrogen-bond acceptors (Lipinski definition) is 5. The standard InChI is InChI=1S/C19H21FN2O4/c1-24-17-10-22(19(23)25-12-13-5-3-2-4-6-13)11-18(17)26-16-9-14(20)7-8-15(16)21/h2-9,17-18H,10-12,21H2,1H3/t17-,18-/m1/s1. The average Bonchev–Trinajstić information content (AvgIpc) is 3.06. The van der Waals surface area contributed by atoms with E-state index in [2.05, 4.69) is 0 Å². The Hall–Kier alpha value is -2.80. The maximum atomic E-state index is 13.4. The lowest BCUT2D eigenvalue weighted by atomic mass is 10.2. The highest BCUT2D eigenvalue weighted by Gasteiger charge is 2.38. The van der Waals surface area contributed by atoms with Gasteiger partial charge in [0.1, 0.15) is 30.4 Å². The first-order valence-corrected chi connectivity index (χ1v) is 8.27. The van der Waals surface area contributed by atoms with Crippen molar-refractivity contribution in [3.8, 4) is 5.75 Å².